The number of rotatable bonds is 4. The lowest BCUT2D eigenvalue weighted by Gasteiger charge is -2.18. The number of hydrazone groups is 1. The van der Waals surface area contributed by atoms with Crippen molar-refractivity contribution in [3.05, 3.63) is 36.4 Å². The van der Waals surface area contributed by atoms with Gasteiger partial charge in [0.25, 0.3) is 0 Å². The molecule has 0 saturated carbocycles. The molecular weight excluding hydrogens is 254 g/mol. The van der Waals surface area contributed by atoms with Gasteiger partial charge >= 0.3 is 0 Å². The maximum Gasteiger partial charge on any atom is 0.223 e. The summed E-state index contributed by atoms with van der Waals surface area (Å²) in [5.41, 5.74) is 7.36. The van der Waals surface area contributed by atoms with Gasteiger partial charge in [-0.05, 0) is 32.9 Å². The van der Waals surface area contributed by atoms with E-state index >= 15 is 0 Å². The van der Waals surface area contributed by atoms with E-state index in [1.165, 1.54) is 5.01 Å². The number of furan rings is 1. The van der Waals surface area contributed by atoms with Gasteiger partial charge in [-0.1, -0.05) is 6.58 Å². The minimum Gasteiger partial charge on any atom is -0.469 e. The number of nitrogens with zero attached hydrogens (tertiary/aromatic N) is 4. The van der Waals surface area contributed by atoms with Crippen LogP contribution in [0.3, 0.4) is 0 Å². The quantitative estimate of drug-likeness (QED) is 0.520. The van der Waals surface area contributed by atoms with Crippen LogP contribution in [0, 0.1) is 0 Å². The molecule has 0 spiro atoms. The first-order valence-corrected chi connectivity index (χ1v) is 6.23. The highest BCUT2D eigenvalue weighted by molar-refractivity contribution is 5.99. The molecule has 2 N–H and O–H groups in total. The van der Waals surface area contributed by atoms with E-state index in [1.807, 2.05) is 26.0 Å². The molecule has 1 heterocycles. The third-order valence-corrected chi connectivity index (χ3v) is 2.43. The van der Waals surface area contributed by atoms with Crippen LogP contribution in [-0.2, 0) is 6.42 Å². The predicted molar refractivity (Wildman–Crippen MR) is 82.8 cm³/mol. The first-order chi connectivity index (χ1) is 9.43. The second-order valence-electron chi connectivity index (χ2n) is 4.38. The number of guanidine groups is 1. The molecule has 1 rings (SSSR count). The van der Waals surface area contributed by atoms with E-state index in [2.05, 4.69) is 21.7 Å². The lowest BCUT2D eigenvalue weighted by molar-refractivity contribution is 0.524. The average molecular weight is 275 g/mol. The van der Waals surface area contributed by atoms with Crippen LogP contribution in [0.5, 0.6) is 0 Å². The van der Waals surface area contributed by atoms with E-state index in [0.717, 1.165) is 11.5 Å². The summed E-state index contributed by atoms with van der Waals surface area (Å²) in [6.07, 6.45) is 2.23. The fraction of sp³-hybridized carbons (Fsp3) is 0.357. The van der Waals surface area contributed by atoms with Crippen LogP contribution in [0.4, 0.5) is 0 Å². The van der Waals surface area contributed by atoms with Crippen molar-refractivity contribution in [3.63, 3.8) is 0 Å². The Hall–Kier alpha value is -2.37. The molecule has 6 nitrogen and oxygen atoms in total. The normalized spacial score (nSPS) is 13.5. The summed E-state index contributed by atoms with van der Waals surface area (Å²) in [7, 11) is 1.67. The summed E-state index contributed by atoms with van der Waals surface area (Å²) in [5, 5.41) is 5.93. The number of amidine groups is 1. The molecule has 0 bridgehead atoms. The number of hydrogen-bond acceptors (Lipinski definition) is 4. The molecule has 0 saturated heterocycles. The minimum atomic E-state index is 0.236. The second kappa shape index (κ2) is 7.28. The first kappa shape index (κ1) is 15.7. The Morgan fingerprint density at radius 1 is 1.40 bits per heavy atom. The third-order valence-electron chi connectivity index (χ3n) is 2.43. The molecule has 0 aliphatic rings. The van der Waals surface area contributed by atoms with Crippen LogP contribution in [0.15, 0.2) is 50.2 Å². The van der Waals surface area contributed by atoms with Crippen LogP contribution < -0.4 is 5.73 Å². The Labute approximate surface area is 119 Å². The third kappa shape index (κ3) is 4.72. The van der Waals surface area contributed by atoms with Crippen molar-refractivity contribution in [2.24, 2.45) is 20.8 Å². The maximum absolute atomic E-state index is 5.92. The van der Waals surface area contributed by atoms with Crippen LogP contribution >= 0.6 is 0 Å². The standard InChI is InChI=1S/C14H21N5O/c1-10(2)17-14(15)19(12(4)16-5)18-11(3)9-13-7-6-8-20-13/h6-8H,1,9H2,2-5H3,(H2,15,17)/b16-12?,18-11+. The zero-order valence-corrected chi connectivity index (χ0v) is 12.4. The molecule has 0 atom stereocenters. The number of aliphatic imine (C=N–C) groups is 2. The Balaban J connectivity index is 2.97. The summed E-state index contributed by atoms with van der Waals surface area (Å²) in [5.74, 6) is 1.72. The second-order valence-corrected chi connectivity index (χ2v) is 4.38. The van der Waals surface area contributed by atoms with Crippen LogP contribution in [-0.4, -0.2) is 29.6 Å². The summed E-state index contributed by atoms with van der Waals surface area (Å²) >= 11 is 0. The van der Waals surface area contributed by atoms with Gasteiger partial charge in [-0.15, -0.1) is 0 Å². The zero-order valence-electron chi connectivity index (χ0n) is 12.4. The van der Waals surface area contributed by atoms with Crippen molar-refractivity contribution in [2.45, 2.75) is 27.2 Å². The molecule has 0 fully saturated rings. The van der Waals surface area contributed by atoms with Gasteiger partial charge in [0.05, 0.1) is 6.26 Å². The highest BCUT2D eigenvalue weighted by Crippen LogP contribution is 2.04. The van der Waals surface area contributed by atoms with Gasteiger partial charge in [-0.2, -0.15) is 10.1 Å². The molecule has 0 unspecified atom stereocenters. The molecule has 0 aliphatic heterocycles. The largest absolute Gasteiger partial charge is 0.469 e. The Morgan fingerprint density at radius 2 is 2.10 bits per heavy atom. The molecule has 0 radical (unpaired) electrons. The van der Waals surface area contributed by atoms with E-state index in [9.17, 15) is 0 Å². The van der Waals surface area contributed by atoms with E-state index < -0.39 is 0 Å². The van der Waals surface area contributed by atoms with Crippen molar-refractivity contribution in [1.82, 2.24) is 5.01 Å². The molecule has 0 aliphatic carbocycles. The van der Waals surface area contributed by atoms with Crippen LogP contribution in [0.25, 0.3) is 0 Å². The van der Waals surface area contributed by atoms with Crippen LogP contribution in [0.1, 0.15) is 26.5 Å². The van der Waals surface area contributed by atoms with Gasteiger partial charge in [-0.3, -0.25) is 4.99 Å². The lowest BCUT2D eigenvalue weighted by atomic mass is 10.2. The van der Waals surface area contributed by atoms with E-state index in [4.69, 9.17) is 10.2 Å². The van der Waals surface area contributed by atoms with E-state index in [0.29, 0.717) is 18.0 Å². The molecule has 1 aromatic heterocycles. The van der Waals surface area contributed by atoms with Gasteiger partial charge in [0.1, 0.15) is 11.6 Å². The molecular formula is C14H21N5O. The van der Waals surface area contributed by atoms with Gasteiger partial charge in [-0.25, -0.2) is 4.99 Å². The molecule has 6 heteroatoms. The Bertz CT molecular complexity index is 540. The van der Waals surface area contributed by atoms with Gasteiger partial charge in [0.15, 0.2) is 0 Å². The summed E-state index contributed by atoms with van der Waals surface area (Å²) < 4.78 is 5.29. The Morgan fingerprint density at radius 3 is 2.60 bits per heavy atom. The topological polar surface area (TPSA) is 79.5 Å². The SMILES string of the molecule is C=C(C)N=C(N)N(/N=C(\C)Cc1ccco1)C(C)=NC. The van der Waals surface area contributed by atoms with Gasteiger partial charge in [0, 0.05) is 24.9 Å². The van der Waals surface area contributed by atoms with Crippen molar-refractivity contribution in [1.29, 1.82) is 0 Å². The maximum atomic E-state index is 5.92. The summed E-state index contributed by atoms with van der Waals surface area (Å²) in [4.78, 5) is 8.20. The molecule has 0 amide bonds. The number of hydrogen-bond donors (Lipinski definition) is 1. The molecule has 1 aromatic rings. The van der Waals surface area contributed by atoms with Crippen molar-refractivity contribution < 1.29 is 4.42 Å². The van der Waals surface area contributed by atoms with Crippen molar-refractivity contribution in [3.8, 4) is 0 Å². The minimum absolute atomic E-state index is 0.236. The zero-order chi connectivity index (χ0) is 15.1. The predicted octanol–water partition coefficient (Wildman–Crippen LogP) is 2.40. The molecule has 0 aromatic carbocycles. The van der Waals surface area contributed by atoms with Gasteiger partial charge < -0.3 is 10.2 Å². The number of allylic oxidation sites excluding steroid dienone is 1. The highest BCUT2D eigenvalue weighted by Gasteiger charge is 2.11. The highest BCUT2D eigenvalue weighted by atomic mass is 16.3. The molecule has 108 valence electrons. The fourth-order valence-corrected chi connectivity index (χ4v) is 1.50. The molecule has 20 heavy (non-hydrogen) atoms. The van der Waals surface area contributed by atoms with E-state index in [1.54, 1.807) is 20.2 Å². The smallest absolute Gasteiger partial charge is 0.223 e. The van der Waals surface area contributed by atoms with Crippen molar-refractivity contribution in [2.75, 3.05) is 7.05 Å². The average Bonchev–Trinajstić information content (AvgIpc) is 2.86. The van der Waals surface area contributed by atoms with Crippen molar-refractivity contribution >= 4 is 17.5 Å². The van der Waals surface area contributed by atoms with Crippen LogP contribution in [0.2, 0.25) is 0 Å². The fourth-order valence-electron chi connectivity index (χ4n) is 1.50. The monoisotopic (exact) mass is 275 g/mol. The lowest BCUT2D eigenvalue weighted by Crippen LogP contribution is -2.37. The first-order valence-electron chi connectivity index (χ1n) is 6.23. The summed E-state index contributed by atoms with van der Waals surface area (Å²) in [6.45, 7) is 9.18. The Kier molecular flexibility index (Phi) is 5.71. The summed E-state index contributed by atoms with van der Waals surface area (Å²) in [6, 6.07) is 3.74. The van der Waals surface area contributed by atoms with Gasteiger partial charge in [0.2, 0.25) is 5.96 Å². The van der Waals surface area contributed by atoms with E-state index in [-0.39, 0.29) is 5.96 Å². The number of nitrogens with two attached hydrogens (primary N) is 1.